The van der Waals surface area contributed by atoms with Crippen molar-refractivity contribution in [2.24, 2.45) is 0 Å². The fourth-order valence-corrected chi connectivity index (χ4v) is 2.52. The van der Waals surface area contributed by atoms with Gasteiger partial charge in [0.05, 0.1) is 11.0 Å². The zero-order chi connectivity index (χ0) is 17.0. The van der Waals surface area contributed by atoms with Gasteiger partial charge in [-0.05, 0) is 18.4 Å². The predicted molar refractivity (Wildman–Crippen MR) is 75.6 cm³/mol. The molecule has 1 aromatic rings. The van der Waals surface area contributed by atoms with Crippen molar-refractivity contribution in [2.75, 3.05) is 13.1 Å². The highest BCUT2D eigenvalue weighted by Crippen LogP contribution is 2.21. The molecule has 1 amide bonds. The minimum atomic E-state index is -4.42. The van der Waals surface area contributed by atoms with Crippen molar-refractivity contribution in [3.63, 3.8) is 0 Å². The van der Waals surface area contributed by atoms with Gasteiger partial charge >= 0.3 is 6.18 Å². The summed E-state index contributed by atoms with van der Waals surface area (Å²) in [6.45, 7) is -0.980. The fourth-order valence-electron chi connectivity index (χ4n) is 2.52. The lowest BCUT2D eigenvalue weighted by molar-refractivity contribution is -0.384. The summed E-state index contributed by atoms with van der Waals surface area (Å²) in [6, 6.07) is 5.19. The zero-order valence-electron chi connectivity index (χ0n) is 12.2. The third-order valence-electron chi connectivity index (χ3n) is 3.57. The number of halogens is 3. The van der Waals surface area contributed by atoms with Gasteiger partial charge in [0.2, 0.25) is 5.91 Å². The molecule has 0 spiro atoms. The Morgan fingerprint density at radius 3 is 2.78 bits per heavy atom. The molecule has 1 atom stereocenters. The number of likely N-dealkylation sites (tertiary alicyclic amines) is 1. The van der Waals surface area contributed by atoms with Gasteiger partial charge in [-0.3, -0.25) is 14.9 Å². The van der Waals surface area contributed by atoms with Crippen LogP contribution in [0.2, 0.25) is 0 Å². The maximum Gasteiger partial charge on any atom is 0.406 e. The monoisotopic (exact) mass is 331 g/mol. The van der Waals surface area contributed by atoms with E-state index in [1.165, 1.54) is 18.2 Å². The number of piperidine rings is 1. The van der Waals surface area contributed by atoms with Crippen LogP contribution in [0.4, 0.5) is 18.9 Å². The van der Waals surface area contributed by atoms with Gasteiger partial charge in [-0.25, -0.2) is 0 Å². The predicted octanol–water partition coefficient (Wildman–Crippen LogP) is 2.24. The maximum atomic E-state index is 12.4. The molecule has 23 heavy (non-hydrogen) atoms. The number of rotatable bonds is 5. The van der Waals surface area contributed by atoms with Gasteiger partial charge in [0, 0.05) is 25.2 Å². The van der Waals surface area contributed by atoms with E-state index in [0.717, 1.165) is 4.90 Å². The smallest absolute Gasteiger partial charge is 0.332 e. The van der Waals surface area contributed by atoms with E-state index in [9.17, 15) is 28.1 Å². The number of carbonyl (C=O) groups is 1. The molecular weight excluding hydrogens is 315 g/mol. The number of amides is 1. The number of hydrogen-bond acceptors (Lipinski definition) is 4. The van der Waals surface area contributed by atoms with Crippen molar-refractivity contribution in [1.29, 1.82) is 0 Å². The Balaban J connectivity index is 1.96. The molecule has 9 heteroatoms. The molecule has 1 aromatic carbocycles. The van der Waals surface area contributed by atoms with Crippen LogP contribution in [0.25, 0.3) is 0 Å². The van der Waals surface area contributed by atoms with Crippen LogP contribution >= 0.6 is 0 Å². The fraction of sp³-hybridized carbons (Fsp3) is 0.500. The number of nitrogens with one attached hydrogen (secondary N) is 1. The van der Waals surface area contributed by atoms with Crippen LogP contribution in [0.1, 0.15) is 18.4 Å². The number of hydrogen-bond donors (Lipinski definition) is 1. The van der Waals surface area contributed by atoms with Gasteiger partial charge in [-0.1, -0.05) is 12.1 Å². The summed E-state index contributed by atoms with van der Waals surface area (Å²) in [5.74, 6) is -0.584. The molecule has 1 N–H and O–H groups in total. The minimum absolute atomic E-state index is 0.0713. The number of alkyl halides is 3. The lowest BCUT2D eigenvalue weighted by Crippen LogP contribution is -2.52. The molecule has 1 fully saturated rings. The van der Waals surface area contributed by atoms with Crippen molar-refractivity contribution in [1.82, 2.24) is 10.2 Å². The summed E-state index contributed by atoms with van der Waals surface area (Å²) in [5, 5.41) is 13.6. The van der Waals surface area contributed by atoms with E-state index in [-0.39, 0.29) is 18.8 Å². The average molecular weight is 331 g/mol. The van der Waals surface area contributed by atoms with E-state index in [2.05, 4.69) is 5.32 Å². The van der Waals surface area contributed by atoms with E-state index in [1.54, 1.807) is 6.07 Å². The summed E-state index contributed by atoms with van der Waals surface area (Å²) in [7, 11) is 0. The summed E-state index contributed by atoms with van der Waals surface area (Å²) in [5.41, 5.74) is 0.526. The van der Waals surface area contributed by atoms with Gasteiger partial charge in [0.1, 0.15) is 6.54 Å². The van der Waals surface area contributed by atoms with Crippen LogP contribution in [0.15, 0.2) is 24.3 Å². The first-order valence-electron chi connectivity index (χ1n) is 7.08. The highest BCUT2D eigenvalue weighted by Gasteiger charge is 2.37. The molecule has 0 aliphatic carbocycles. The second-order valence-corrected chi connectivity index (χ2v) is 5.38. The first-order valence-corrected chi connectivity index (χ1v) is 7.08. The van der Waals surface area contributed by atoms with Crippen molar-refractivity contribution in [3.05, 3.63) is 39.9 Å². The van der Waals surface area contributed by atoms with E-state index in [1.807, 2.05) is 0 Å². The summed E-state index contributed by atoms with van der Waals surface area (Å²) in [6.07, 6.45) is -3.49. The number of nitro benzene ring substituents is 1. The highest BCUT2D eigenvalue weighted by atomic mass is 19.4. The van der Waals surface area contributed by atoms with Crippen LogP contribution in [0.3, 0.4) is 0 Å². The Hall–Kier alpha value is -2.16. The van der Waals surface area contributed by atoms with E-state index >= 15 is 0 Å². The Bertz CT molecular complexity index is 592. The van der Waals surface area contributed by atoms with Gasteiger partial charge in [0.25, 0.3) is 5.69 Å². The van der Waals surface area contributed by atoms with Gasteiger partial charge in [-0.2, -0.15) is 13.2 Å². The number of nitrogens with zero attached hydrogens (tertiary/aromatic N) is 2. The lowest BCUT2D eigenvalue weighted by Gasteiger charge is -2.33. The molecule has 6 nitrogen and oxygen atoms in total. The third-order valence-corrected chi connectivity index (χ3v) is 3.57. The SMILES string of the molecule is O=C1[C@@H](NCc2cccc([N+](=O)[O-])c2)CCCN1CC(F)(F)F. The average Bonchev–Trinajstić information content (AvgIpc) is 2.47. The second kappa shape index (κ2) is 6.95. The van der Waals surface area contributed by atoms with E-state index < -0.39 is 29.6 Å². The molecule has 1 aliphatic heterocycles. The number of benzene rings is 1. The molecule has 1 heterocycles. The first kappa shape index (κ1) is 17.2. The molecule has 2 rings (SSSR count). The van der Waals surface area contributed by atoms with Crippen LogP contribution in [-0.2, 0) is 11.3 Å². The first-order chi connectivity index (χ1) is 10.8. The van der Waals surface area contributed by atoms with Gasteiger partial charge in [0.15, 0.2) is 0 Å². The highest BCUT2D eigenvalue weighted by molar-refractivity contribution is 5.82. The molecule has 1 aliphatic rings. The molecule has 0 unspecified atom stereocenters. The largest absolute Gasteiger partial charge is 0.406 e. The quantitative estimate of drug-likeness (QED) is 0.663. The number of nitro groups is 1. The van der Waals surface area contributed by atoms with Crippen LogP contribution in [-0.4, -0.2) is 41.0 Å². The standard InChI is InChI=1S/C14H16F3N3O3/c15-14(16,17)9-19-6-2-5-12(13(19)21)18-8-10-3-1-4-11(7-10)20(22)23/h1,3-4,7,12,18H,2,5-6,8-9H2/t12-/m0/s1. The van der Waals surface area contributed by atoms with Crippen molar-refractivity contribution >= 4 is 11.6 Å². The Morgan fingerprint density at radius 2 is 2.13 bits per heavy atom. The Labute approximate surface area is 130 Å². The molecule has 1 saturated heterocycles. The second-order valence-electron chi connectivity index (χ2n) is 5.38. The molecular formula is C14H16F3N3O3. The Kier molecular flexibility index (Phi) is 5.19. The summed E-state index contributed by atoms with van der Waals surface area (Å²) in [4.78, 5) is 23.0. The minimum Gasteiger partial charge on any atom is -0.332 e. The molecule has 126 valence electrons. The third kappa shape index (κ3) is 4.92. The molecule has 0 aromatic heterocycles. The van der Waals surface area contributed by atoms with Gasteiger partial charge < -0.3 is 10.2 Å². The molecule has 0 saturated carbocycles. The van der Waals surface area contributed by atoms with Crippen LogP contribution < -0.4 is 5.32 Å². The molecule has 0 radical (unpaired) electrons. The number of non-ortho nitro benzene ring substituents is 1. The zero-order valence-corrected chi connectivity index (χ0v) is 12.2. The summed E-state index contributed by atoms with van der Waals surface area (Å²) < 4.78 is 37.3. The van der Waals surface area contributed by atoms with Crippen LogP contribution in [0, 0.1) is 10.1 Å². The van der Waals surface area contributed by atoms with E-state index in [0.29, 0.717) is 18.4 Å². The van der Waals surface area contributed by atoms with E-state index in [4.69, 9.17) is 0 Å². The summed E-state index contributed by atoms with van der Waals surface area (Å²) >= 11 is 0. The van der Waals surface area contributed by atoms with Crippen molar-refractivity contribution in [3.8, 4) is 0 Å². The van der Waals surface area contributed by atoms with Crippen LogP contribution in [0.5, 0.6) is 0 Å². The number of carbonyl (C=O) groups excluding carboxylic acids is 1. The van der Waals surface area contributed by atoms with Gasteiger partial charge in [-0.15, -0.1) is 0 Å². The van der Waals surface area contributed by atoms with Crippen molar-refractivity contribution in [2.45, 2.75) is 31.6 Å². The van der Waals surface area contributed by atoms with Crippen molar-refractivity contribution < 1.29 is 22.9 Å². The lowest BCUT2D eigenvalue weighted by atomic mass is 10.0. The maximum absolute atomic E-state index is 12.4. The normalized spacial score (nSPS) is 19.0. The topological polar surface area (TPSA) is 75.5 Å². The Morgan fingerprint density at radius 1 is 1.39 bits per heavy atom. The molecule has 0 bridgehead atoms.